The van der Waals surface area contributed by atoms with Crippen molar-refractivity contribution >= 4 is 33.9 Å². The first-order chi connectivity index (χ1) is 12.2. The minimum Gasteiger partial charge on any atom is -0.494 e. The van der Waals surface area contributed by atoms with Gasteiger partial charge in [0.15, 0.2) is 5.11 Å². The number of hydrogen-bond donors (Lipinski definition) is 2. The molecule has 0 aliphatic rings. The Labute approximate surface area is 153 Å². The van der Waals surface area contributed by atoms with Crippen molar-refractivity contribution in [3.8, 4) is 5.75 Å². The molecule has 5 heteroatoms. The average Bonchev–Trinajstić information content (AvgIpc) is 2.67. The Kier molecular flexibility index (Phi) is 5.46. The topological polar surface area (TPSA) is 46.2 Å². The van der Waals surface area contributed by atoms with Gasteiger partial charge in [0.1, 0.15) is 11.3 Å². The highest BCUT2D eigenvalue weighted by atomic mass is 32.1. The predicted molar refractivity (Wildman–Crippen MR) is 107 cm³/mol. The molecule has 0 saturated carbocycles. The largest absolute Gasteiger partial charge is 0.494 e. The van der Waals surface area contributed by atoms with Gasteiger partial charge in [0.2, 0.25) is 0 Å². The van der Waals surface area contributed by atoms with Gasteiger partial charge in [-0.3, -0.25) is 4.98 Å². The van der Waals surface area contributed by atoms with Crippen molar-refractivity contribution in [3.05, 3.63) is 66.4 Å². The molecule has 3 aromatic rings. The van der Waals surface area contributed by atoms with Crippen LogP contribution >= 0.6 is 12.2 Å². The molecule has 1 heterocycles. The molecule has 2 aromatic carbocycles. The average molecular weight is 351 g/mol. The van der Waals surface area contributed by atoms with Crippen LogP contribution in [0.5, 0.6) is 5.75 Å². The van der Waals surface area contributed by atoms with E-state index in [1.54, 1.807) is 13.3 Å². The predicted octanol–water partition coefficient (Wildman–Crippen LogP) is 4.68. The van der Waals surface area contributed by atoms with Crippen molar-refractivity contribution in [1.29, 1.82) is 0 Å². The molecule has 0 aliphatic carbocycles. The fourth-order valence-corrected chi connectivity index (χ4v) is 3.10. The molecule has 0 spiro atoms. The molecule has 4 nitrogen and oxygen atoms in total. The number of benzene rings is 2. The third kappa shape index (κ3) is 3.88. The second kappa shape index (κ2) is 7.94. The Morgan fingerprint density at radius 2 is 1.92 bits per heavy atom. The lowest BCUT2D eigenvalue weighted by molar-refractivity contribution is 0.419. The van der Waals surface area contributed by atoms with Crippen LogP contribution in [0.4, 0.5) is 5.69 Å². The normalized spacial score (nSPS) is 11.8. The van der Waals surface area contributed by atoms with Crippen LogP contribution in [0.2, 0.25) is 0 Å². The fourth-order valence-electron chi connectivity index (χ4n) is 2.84. The number of ether oxygens (including phenoxy) is 1. The van der Waals surface area contributed by atoms with Crippen LogP contribution in [-0.2, 0) is 0 Å². The molecule has 2 N–H and O–H groups in total. The molecular formula is C20H21N3OS. The first-order valence-electron chi connectivity index (χ1n) is 8.27. The maximum atomic E-state index is 5.53. The van der Waals surface area contributed by atoms with Gasteiger partial charge in [0.05, 0.1) is 13.2 Å². The third-order valence-corrected chi connectivity index (χ3v) is 4.34. The Bertz CT molecular complexity index is 867. The number of nitrogens with zero attached hydrogens (tertiary/aromatic N) is 1. The number of methoxy groups -OCH3 is 1. The maximum absolute atomic E-state index is 5.53. The second-order valence-corrected chi connectivity index (χ2v) is 6.09. The van der Waals surface area contributed by atoms with Crippen LogP contribution in [0.3, 0.4) is 0 Å². The van der Waals surface area contributed by atoms with E-state index in [4.69, 9.17) is 17.0 Å². The summed E-state index contributed by atoms with van der Waals surface area (Å²) in [5, 5.41) is 8.25. The summed E-state index contributed by atoms with van der Waals surface area (Å²) >= 11 is 5.53. The molecule has 1 atom stereocenters. The Morgan fingerprint density at radius 3 is 2.64 bits per heavy atom. The van der Waals surface area contributed by atoms with Crippen molar-refractivity contribution in [2.24, 2.45) is 0 Å². The van der Waals surface area contributed by atoms with E-state index in [0.29, 0.717) is 5.11 Å². The minimum absolute atomic E-state index is 0.170. The molecule has 128 valence electrons. The van der Waals surface area contributed by atoms with Crippen molar-refractivity contribution in [2.75, 3.05) is 12.4 Å². The molecule has 0 fully saturated rings. The molecule has 0 unspecified atom stereocenters. The SMILES string of the molecule is CC[C@H](NC(=S)Nc1ccc(OC)c2ncccc12)c1ccccc1. The number of aromatic nitrogens is 1. The lowest BCUT2D eigenvalue weighted by Crippen LogP contribution is -2.32. The van der Waals surface area contributed by atoms with Crippen molar-refractivity contribution in [2.45, 2.75) is 19.4 Å². The third-order valence-electron chi connectivity index (χ3n) is 4.12. The quantitative estimate of drug-likeness (QED) is 0.654. The van der Waals surface area contributed by atoms with Crippen LogP contribution in [0.15, 0.2) is 60.8 Å². The summed E-state index contributed by atoms with van der Waals surface area (Å²) in [6.45, 7) is 2.14. The first-order valence-corrected chi connectivity index (χ1v) is 8.68. The second-order valence-electron chi connectivity index (χ2n) is 5.68. The number of hydrogen-bond acceptors (Lipinski definition) is 3. The number of thiocarbonyl (C=S) groups is 1. The van der Waals surface area contributed by atoms with E-state index in [1.165, 1.54) is 5.56 Å². The number of fused-ring (bicyclic) bond motifs is 1. The molecule has 0 amide bonds. The van der Waals surface area contributed by atoms with Crippen LogP contribution in [0.25, 0.3) is 10.9 Å². The lowest BCUT2D eigenvalue weighted by Gasteiger charge is -2.20. The monoisotopic (exact) mass is 351 g/mol. The molecule has 3 rings (SSSR count). The summed E-state index contributed by atoms with van der Waals surface area (Å²) in [4.78, 5) is 4.42. The highest BCUT2D eigenvalue weighted by Crippen LogP contribution is 2.29. The van der Waals surface area contributed by atoms with E-state index in [9.17, 15) is 0 Å². The standard InChI is InChI=1S/C20H21N3OS/c1-3-16(14-8-5-4-6-9-14)22-20(25)23-17-11-12-18(24-2)19-15(17)10-7-13-21-19/h4-13,16H,3H2,1-2H3,(H2,22,23,25)/t16-/m0/s1. The lowest BCUT2D eigenvalue weighted by atomic mass is 10.1. The zero-order chi connectivity index (χ0) is 17.6. The highest BCUT2D eigenvalue weighted by Gasteiger charge is 2.12. The minimum atomic E-state index is 0.170. The van der Waals surface area contributed by atoms with Gasteiger partial charge in [0, 0.05) is 17.3 Å². The van der Waals surface area contributed by atoms with E-state index < -0.39 is 0 Å². The van der Waals surface area contributed by atoms with Gasteiger partial charge in [-0.15, -0.1) is 0 Å². The van der Waals surface area contributed by atoms with E-state index in [-0.39, 0.29) is 6.04 Å². The molecule has 0 aliphatic heterocycles. The Morgan fingerprint density at radius 1 is 1.12 bits per heavy atom. The number of anilines is 1. The van der Waals surface area contributed by atoms with Gasteiger partial charge in [0.25, 0.3) is 0 Å². The zero-order valence-corrected chi connectivity index (χ0v) is 15.1. The van der Waals surface area contributed by atoms with Gasteiger partial charge < -0.3 is 15.4 Å². The van der Waals surface area contributed by atoms with Gasteiger partial charge in [-0.05, 0) is 48.5 Å². The molecule has 0 radical (unpaired) electrons. The van der Waals surface area contributed by atoms with Crippen LogP contribution in [0, 0.1) is 0 Å². The Hall–Kier alpha value is -2.66. The first kappa shape index (κ1) is 17.2. The van der Waals surface area contributed by atoms with E-state index in [1.807, 2.05) is 42.5 Å². The van der Waals surface area contributed by atoms with Crippen molar-refractivity contribution in [1.82, 2.24) is 10.3 Å². The van der Waals surface area contributed by atoms with Crippen LogP contribution in [0.1, 0.15) is 24.9 Å². The van der Waals surface area contributed by atoms with Crippen LogP contribution in [-0.4, -0.2) is 17.2 Å². The van der Waals surface area contributed by atoms with E-state index >= 15 is 0 Å². The Balaban J connectivity index is 1.80. The fraction of sp³-hybridized carbons (Fsp3) is 0.200. The van der Waals surface area contributed by atoms with Gasteiger partial charge in [-0.25, -0.2) is 0 Å². The van der Waals surface area contributed by atoms with Gasteiger partial charge in [-0.2, -0.15) is 0 Å². The number of rotatable bonds is 5. The number of nitrogens with one attached hydrogen (secondary N) is 2. The summed E-state index contributed by atoms with van der Waals surface area (Å²) in [6.07, 6.45) is 2.70. The summed E-state index contributed by atoms with van der Waals surface area (Å²) in [5.74, 6) is 0.746. The maximum Gasteiger partial charge on any atom is 0.171 e. The zero-order valence-electron chi connectivity index (χ0n) is 14.3. The summed E-state index contributed by atoms with van der Waals surface area (Å²) in [5.41, 5.74) is 2.94. The van der Waals surface area contributed by atoms with Crippen molar-refractivity contribution < 1.29 is 4.74 Å². The molecule has 25 heavy (non-hydrogen) atoms. The molecule has 0 saturated heterocycles. The van der Waals surface area contributed by atoms with E-state index in [2.05, 4.69) is 34.7 Å². The smallest absolute Gasteiger partial charge is 0.171 e. The highest BCUT2D eigenvalue weighted by molar-refractivity contribution is 7.80. The summed E-state index contributed by atoms with van der Waals surface area (Å²) in [6, 6.07) is 18.2. The van der Waals surface area contributed by atoms with Crippen molar-refractivity contribution in [3.63, 3.8) is 0 Å². The van der Waals surface area contributed by atoms with Crippen LogP contribution < -0.4 is 15.4 Å². The molecular weight excluding hydrogens is 330 g/mol. The van der Waals surface area contributed by atoms with Gasteiger partial charge in [-0.1, -0.05) is 37.3 Å². The van der Waals surface area contributed by atoms with Gasteiger partial charge >= 0.3 is 0 Å². The number of pyridine rings is 1. The molecule has 1 aromatic heterocycles. The van der Waals surface area contributed by atoms with E-state index in [0.717, 1.165) is 28.8 Å². The summed E-state index contributed by atoms with van der Waals surface area (Å²) in [7, 11) is 1.65. The summed E-state index contributed by atoms with van der Waals surface area (Å²) < 4.78 is 5.39. The molecule has 0 bridgehead atoms.